The summed E-state index contributed by atoms with van der Waals surface area (Å²) in [5.74, 6) is 4.69. The van der Waals surface area contributed by atoms with Crippen LogP contribution in [0.1, 0.15) is 16.7 Å². The van der Waals surface area contributed by atoms with Crippen molar-refractivity contribution in [2.75, 3.05) is 12.4 Å². The van der Waals surface area contributed by atoms with Crippen molar-refractivity contribution in [2.24, 2.45) is 10.7 Å². The Morgan fingerprint density at radius 3 is 2.37 bits per heavy atom. The maximum absolute atomic E-state index is 13.4. The predicted molar refractivity (Wildman–Crippen MR) is 99.2 cm³/mol. The van der Waals surface area contributed by atoms with Gasteiger partial charge < -0.3 is 11.1 Å². The SMILES string of the molecule is CN=C(/C=C\N)C(=O)Nc1ccc(C#Cc2ccccc2)cc1C(F)(F)F. The molecule has 138 valence electrons. The molecule has 1 amide bonds. The average molecular weight is 371 g/mol. The fraction of sp³-hybridized carbons (Fsp3) is 0.100. The number of benzene rings is 2. The molecule has 0 spiro atoms. The molecule has 0 fully saturated rings. The first-order valence-electron chi connectivity index (χ1n) is 7.80. The second kappa shape index (κ2) is 8.72. The molecule has 0 heterocycles. The normalized spacial score (nSPS) is 11.8. The topological polar surface area (TPSA) is 67.5 Å². The third-order valence-electron chi connectivity index (χ3n) is 3.43. The third-order valence-corrected chi connectivity index (χ3v) is 3.43. The molecule has 2 aromatic rings. The molecule has 2 aromatic carbocycles. The molecule has 2 rings (SSSR count). The summed E-state index contributed by atoms with van der Waals surface area (Å²) in [6, 6.07) is 12.4. The first-order chi connectivity index (χ1) is 12.8. The number of carbonyl (C=O) groups is 1. The van der Waals surface area contributed by atoms with Crippen LogP contribution in [0, 0.1) is 11.8 Å². The van der Waals surface area contributed by atoms with Crippen LogP contribution < -0.4 is 11.1 Å². The van der Waals surface area contributed by atoms with E-state index in [-0.39, 0.29) is 17.0 Å². The van der Waals surface area contributed by atoms with Gasteiger partial charge in [0.1, 0.15) is 5.71 Å². The van der Waals surface area contributed by atoms with Gasteiger partial charge >= 0.3 is 6.18 Å². The first kappa shape index (κ1) is 19.8. The number of halogens is 3. The summed E-state index contributed by atoms with van der Waals surface area (Å²) < 4.78 is 40.2. The Labute approximate surface area is 154 Å². The third kappa shape index (κ3) is 5.47. The van der Waals surface area contributed by atoms with E-state index in [9.17, 15) is 18.0 Å². The maximum atomic E-state index is 13.4. The van der Waals surface area contributed by atoms with Gasteiger partial charge in [-0.25, -0.2) is 0 Å². The molecule has 0 radical (unpaired) electrons. The summed E-state index contributed by atoms with van der Waals surface area (Å²) in [6.45, 7) is 0. The van der Waals surface area contributed by atoms with Crippen LogP contribution in [-0.2, 0) is 11.0 Å². The van der Waals surface area contributed by atoms with Crippen molar-refractivity contribution in [3.8, 4) is 11.8 Å². The van der Waals surface area contributed by atoms with Crippen LogP contribution in [0.25, 0.3) is 0 Å². The fourth-order valence-corrected chi connectivity index (χ4v) is 2.16. The first-order valence-corrected chi connectivity index (χ1v) is 7.80. The van der Waals surface area contributed by atoms with Gasteiger partial charge in [0.05, 0.1) is 11.3 Å². The van der Waals surface area contributed by atoms with Crippen LogP contribution >= 0.6 is 0 Å². The summed E-state index contributed by atoms with van der Waals surface area (Å²) in [6.07, 6.45) is -2.39. The molecule has 0 saturated heterocycles. The fourth-order valence-electron chi connectivity index (χ4n) is 2.16. The number of rotatable bonds is 3. The molecule has 7 heteroatoms. The smallest absolute Gasteiger partial charge is 0.405 e. The van der Waals surface area contributed by atoms with Crippen LogP contribution in [-0.4, -0.2) is 18.7 Å². The molecule has 0 aliphatic carbocycles. The molecule has 0 aromatic heterocycles. The lowest BCUT2D eigenvalue weighted by molar-refractivity contribution is -0.137. The van der Waals surface area contributed by atoms with Crippen molar-refractivity contribution >= 4 is 17.3 Å². The number of amides is 1. The van der Waals surface area contributed by atoms with Gasteiger partial charge in [0.15, 0.2) is 0 Å². The molecule has 0 unspecified atom stereocenters. The number of carbonyl (C=O) groups excluding carboxylic acids is 1. The molecule has 0 aliphatic heterocycles. The van der Waals surface area contributed by atoms with Crippen LogP contribution in [0.2, 0.25) is 0 Å². The summed E-state index contributed by atoms with van der Waals surface area (Å²) >= 11 is 0. The van der Waals surface area contributed by atoms with Gasteiger partial charge in [-0.3, -0.25) is 9.79 Å². The van der Waals surface area contributed by atoms with E-state index in [1.54, 1.807) is 24.3 Å². The van der Waals surface area contributed by atoms with Gasteiger partial charge in [0.25, 0.3) is 5.91 Å². The lowest BCUT2D eigenvalue weighted by Gasteiger charge is -2.14. The van der Waals surface area contributed by atoms with Gasteiger partial charge in [-0.2, -0.15) is 13.2 Å². The van der Waals surface area contributed by atoms with E-state index < -0.39 is 17.6 Å². The number of nitrogens with zero attached hydrogens (tertiary/aromatic N) is 1. The van der Waals surface area contributed by atoms with E-state index in [1.807, 2.05) is 6.07 Å². The minimum absolute atomic E-state index is 0.0985. The summed E-state index contributed by atoms with van der Waals surface area (Å²) in [4.78, 5) is 15.7. The molecule has 0 saturated carbocycles. The molecular weight excluding hydrogens is 355 g/mol. The monoisotopic (exact) mass is 371 g/mol. The second-order valence-electron chi connectivity index (χ2n) is 5.30. The lowest BCUT2D eigenvalue weighted by atomic mass is 10.1. The van der Waals surface area contributed by atoms with Crippen molar-refractivity contribution in [3.05, 3.63) is 77.5 Å². The van der Waals surface area contributed by atoms with Gasteiger partial charge in [0, 0.05) is 18.2 Å². The number of hydrogen-bond donors (Lipinski definition) is 2. The van der Waals surface area contributed by atoms with Gasteiger partial charge in [0.2, 0.25) is 0 Å². The number of nitrogens with one attached hydrogen (secondary N) is 1. The highest BCUT2D eigenvalue weighted by atomic mass is 19.4. The second-order valence-corrected chi connectivity index (χ2v) is 5.30. The highest BCUT2D eigenvalue weighted by Crippen LogP contribution is 2.35. The van der Waals surface area contributed by atoms with Gasteiger partial charge in [-0.05, 0) is 42.6 Å². The quantitative estimate of drug-likeness (QED) is 0.640. The predicted octanol–water partition coefficient (Wildman–Crippen LogP) is 3.59. The lowest BCUT2D eigenvalue weighted by Crippen LogP contribution is -2.23. The highest BCUT2D eigenvalue weighted by Gasteiger charge is 2.34. The summed E-state index contributed by atoms with van der Waals surface area (Å²) in [7, 11) is 1.34. The maximum Gasteiger partial charge on any atom is 0.418 e. The Balaban J connectivity index is 2.37. The molecular formula is C20H16F3N3O. The Hall–Kier alpha value is -3.53. The zero-order chi connectivity index (χ0) is 19.9. The molecule has 27 heavy (non-hydrogen) atoms. The Kier molecular flexibility index (Phi) is 6.39. The van der Waals surface area contributed by atoms with Crippen molar-refractivity contribution in [3.63, 3.8) is 0 Å². The van der Waals surface area contributed by atoms with Gasteiger partial charge in [-0.1, -0.05) is 30.0 Å². The van der Waals surface area contributed by atoms with Crippen LogP contribution in [0.3, 0.4) is 0 Å². The minimum Gasteiger partial charge on any atom is -0.405 e. The van der Waals surface area contributed by atoms with E-state index in [2.05, 4.69) is 22.2 Å². The number of alkyl halides is 3. The van der Waals surface area contributed by atoms with E-state index in [0.29, 0.717) is 5.56 Å². The van der Waals surface area contributed by atoms with Crippen molar-refractivity contribution in [1.82, 2.24) is 0 Å². The van der Waals surface area contributed by atoms with Crippen molar-refractivity contribution in [2.45, 2.75) is 6.18 Å². The zero-order valence-electron chi connectivity index (χ0n) is 14.3. The Bertz CT molecular complexity index is 936. The largest absolute Gasteiger partial charge is 0.418 e. The Morgan fingerprint density at radius 1 is 1.11 bits per heavy atom. The van der Waals surface area contributed by atoms with E-state index >= 15 is 0 Å². The van der Waals surface area contributed by atoms with Crippen molar-refractivity contribution in [1.29, 1.82) is 0 Å². The summed E-state index contributed by atoms with van der Waals surface area (Å²) in [5, 5.41) is 2.21. The standard InChI is InChI=1S/C20H16F3N3O/c1-25-18(11-12-24)19(27)26-17-10-9-15(13-16(17)20(21,22)23)8-7-14-5-3-2-4-6-14/h2-6,9-13H,24H2,1H3,(H,26,27)/b12-11-,25-18?. The van der Waals surface area contributed by atoms with Gasteiger partial charge in [-0.15, -0.1) is 0 Å². The molecule has 4 nitrogen and oxygen atoms in total. The Morgan fingerprint density at radius 2 is 1.78 bits per heavy atom. The number of nitrogens with two attached hydrogens (primary N) is 1. The average Bonchev–Trinajstić information content (AvgIpc) is 2.65. The molecule has 0 bridgehead atoms. The van der Waals surface area contributed by atoms with Crippen LogP contribution in [0.4, 0.5) is 18.9 Å². The highest BCUT2D eigenvalue weighted by molar-refractivity contribution is 6.47. The van der Waals surface area contributed by atoms with Crippen LogP contribution in [0.5, 0.6) is 0 Å². The minimum atomic E-state index is -4.67. The van der Waals surface area contributed by atoms with Crippen LogP contribution in [0.15, 0.2) is 65.8 Å². The summed E-state index contributed by atoms with van der Waals surface area (Å²) in [5.41, 5.74) is 4.58. The van der Waals surface area contributed by atoms with E-state index in [1.165, 1.54) is 19.2 Å². The molecule has 0 atom stereocenters. The molecule has 3 N–H and O–H groups in total. The van der Waals surface area contributed by atoms with E-state index in [0.717, 1.165) is 18.3 Å². The number of anilines is 1. The zero-order valence-corrected chi connectivity index (χ0v) is 14.3. The van der Waals surface area contributed by atoms with E-state index in [4.69, 9.17) is 5.73 Å². The number of aliphatic imine (C=N–C) groups is 1. The molecule has 0 aliphatic rings. The van der Waals surface area contributed by atoms with Crippen molar-refractivity contribution < 1.29 is 18.0 Å². The number of hydrogen-bond acceptors (Lipinski definition) is 3.